The van der Waals surface area contributed by atoms with Gasteiger partial charge in [0.05, 0.1) is 0 Å². The average molecular weight is 165 g/mol. The maximum absolute atomic E-state index is 2.18. The lowest BCUT2D eigenvalue weighted by Gasteiger charge is -2.10. The van der Waals surface area contributed by atoms with Crippen molar-refractivity contribution in [2.24, 2.45) is 0 Å². The van der Waals surface area contributed by atoms with Crippen LogP contribution in [-0.4, -0.2) is 0 Å². The van der Waals surface area contributed by atoms with Crippen molar-refractivity contribution in [1.29, 1.82) is 0 Å². The van der Waals surface area contributed by atoms with Gasteiger partial charge in [0.1, 0.15) is 0 Å². The SMILES string of the molecule is c1cc2cc[c-]3ccccc3c-2c1. The van der Waals surface area contributed by atoms with Crippen LogP contribution in [0.3, 0.4) is 0 Å². The maximum Gasteiger partial charge on any atom is -0.0698 e. The Labute approximate surface area is 77.1 Å². The molecule has 1 aromatic rings. The average Bonchev–Trinajstić information content (AvgIpc) is 2.65. The Morgan fingerprint density at radius 1 is 0.769 bits per heavy atom. The molecule has 62 valence electrons. The van der Waals surface area contributed by atoms with E-state index in [0.29, 0.717) is 0 Å². The smallest absolute Gasteiger partial charge is 0.0698 e. The largest absolute Gasteiger partial charge is 0.129 e. The molecule has 0 amide bonds. The fourth-order valence-corrected chi connectivity index (χ4v) is 1.89. The summed E-state index contributed by atoms with van der Waals surface area (Å²) < 4.78 is 0. The van der Waals surface area contributed by atoms with E-state index >= 15 is 0 Å². The molecule has 0 nitrogen and oxygen atoms in total. The Morgan fingerprint density at radius 3 is 2.77 bits per heavy atom. The monoisotopic (exact) mass is 165 g/mol. The molecular formula is C13H9-. The molecule has 1 aromatic carbocycles. The van der Waals surface area contributed by atoms with Gasteiger partial charge in [-0.05, 0) is 0 Å². The molecule has 0 heteroatoms. The molecule has 0 radical (unpaired) electrons. The summed E-state index contributed by atoms with van der Waals surface area (Å²) in [5, 5.41) is 2.67. The molecule has 0 fully saturated rings. The molecule has 0 saturated heterocycles. The van der Waals surface area contributed by atoms with Gasteiger partial charge in [0.25, 0.3) is 0 Å². The first kappa shape index (κ1) is 6.79. The quantitative estimate of drug-likeness (QED) is 0.446. The first-order valence-electron chi connectivity index (χ1n) is 4.48. The Hall–Kier alpha value is -1.69. The third-order valence-corrected chi connectivity index (χ3v) is 2.54. The predicted octanol–water partition coefficient (Wildman–Crippen LogP) is 3.66. The van der Waals surface area contributed by atoms with Crippen molar-refractivity contribution in [3.63, 3.8) is 0 Å². The van der Waals surface area contributed by atoms with Gasteiger partial charge in [0.2, 0.25) is 0 Å². The van der Waals surface area contributed by atoms with E-state index in [4.69, 9.17) is 0 Å². The minimum atomic E-state index is 1.32. The van der Waals surface area contributed by atoms with Crippen LogP contribution in [0, 0.1) is 0 Å². The minimum absolute atomic E-state index is 1.32. The summed E-state index contributed by atoms with van der Waals surface area (Å²) in [6.45, 7) is 0. The van der Waals surface area contributed by atoms with E-state index in [1.165, 1.54) is 21.9 Å². The van der Waals surface area contributed by atoms with Crippen molar-refractivity contribution < 1.29 is 0 Å². The van der Waals surface area contributed by atoms with Crippen LogP contribution in [0.5, 0.6) is 0 Å². The second-order valence-corrected chi connectivity index (χ2v) is 3.32. The van der Waals surface area contributed by atoms with Gasteiger partial charge in [-0.15, -0.1) is 41.8 Å². The molecule has 0 aromatic heterocycles. The van der Waals surface area contributed by atoms with Crippen LogP contribution < -0.4 is 0 Å². The Morgan fingerprint density at radius 2 is 1.77 bits per heavy atom. The van der Waals surface area contributed by atoms with Crippen LogP contribution in [0.2, 0.25) is 0 Å². The topological polar surface area (TPSA) is 0 Å². The van der Waals surface area contributed by atoms with Crippen molar-refractivity contribution >= 4 is 10.8 Å². The van der Waals surface area contributed by atoms with Gasteiger partial charge in [-0.2, -0.15) is 0 Å². The molecule has 2 aliphatic rings. The Balaban J connectivity index is 2.57. The molecule has 0 aliphatic heterocycles. The van der Waals surface area contributed by atoms with E-state index in [1.807, 2.05) is 0 Å². The number of benzene rings is 2. The zero-order valence-corrected chi connectivity index (χ0v) is 7.20. The molecule has 0 N–H and O–H groups in total. The number of rotatable bonds is 0. The number of fused-ring (bicyclic) bond motifs is 3. The van der Waals surface area contributed by atoms with E-state index in [9.17, 15) is 0 Å². The lowest BCUT2D eigenvalue weighted by atomic mass is 10.0. The first-order valence-corrected chi connectivity index (χ1v) is 4.48. The van der Waals surface area contributed by atoms with Crippen LogP contribution >= 0.6 is 0 Å². The van der Waals surface area contributed by atoms with Crippen molar-refractivity contribution in [2.45, 2.75) is 0 Å². The Bertz CT molecular complexity index is 516. The van der Waals surface area contributed by atoms with E-state index in [-0.39, 0.29) is 0 Å². The summed E-state index contributed by atoms with van der Waals surface area (Å²) in [6, 6.07) is 19.3. The molecule has 0 heterocycles. The van der Waals surface area contributed by atoms with Gasteiger partial charge in [-0.3, -0.25) is 0 Å². The zero-order chi connectivity index (χ0) is 8.67. The number of hydrogen-bond acceptors (Lipinski definition) is 0. The number of hydrogen-bond donors (Lipinski definition) is 0. The second-order valence-electron chi connectivity index (χ2n) is 3.32. The van der Waals surface area contributed by atoms with Gasteiger partial charge in [-0.1, -0.05) is 34.7 Å². The van der Waals surface area contributed by atoms with E-state index in [2.05, 4.69) is 54.6 Å². The van der Waals surface area contributed by atoms with E-state index in [0.717, 1.165) is 0 Å². The lowest BCUT2D eigenvalue weighted by molar-refractivity contribution is 1.74. The Kier molecular flexibility index (Phi) is 1.25. The van der Waals surface area contributed by atoms with Gasteiger partial charge >= 0.3 is 0 Å². The fourth-order valence-electron chi connectivity index (χ4n) is 1.89. The highest BCUT2D eigenvalue weighted by Crippen LogP contribution is 2.31. The normalized spacial score (nSPS) is 11.1. The summed E-state index contributed by atoms with van der Waals surface area (Å²) in [5.74, 6) is 0. The molecule has 2 aliphatic carbocycles. The summed E-state index contributed by atoms with van der Waals surface area (Å²) >= 11 is 0. The van der Waals surface area contributed by atoms with Crippen LogP contribution in [0.15, 0.2) is 54.6 Å². The highest BCUT2D eigenvalue weighted by Gasteiger charge is 1.97. The summed E-state index contributed by atoms with van der Waals surface area (Å²) in [4.78, 5) is 0. The van der Waals surface area contributed by atoms with Crippen molar-refractivity contribution in [2.75, 3.05) is 0 Å². The molecule has 0 spiro atoms. The van der Waals surface area contributed by atoms with Crippen molar-refractivity contribution in [3.8, 4) is 11.1 Å². The van der Waals surface area contributed by atoms with E-state index < -0.39 is 0 Å². The molecular weight excluding hydrogens is 156 g/mol. The van der Waals surface area contributed by atoms with Gasteiger partial charge in [0.15, 0.2) is 0 Å². The molecule has 3 rings (SSSR count). The summed E-state index contributed by atoms with van der Waals surface area (Å²) in [6.07, 6.45) is 0. The third kappa shape index (κ3) is 0.888. The van der Waals surface area contributed by atoms with Crippen LogP contribution in [-0.2, 0) is 0 Å². The standard InChI is InChI=1S/C13H9/c1-2-6-12-10(4-1)8-9-11-5-3-7-13(11)12/h1-9H/q-1. The zero-order valence-electron chi connectivity index (χ0n) is 7.20. The minimum Gasteiger partial charge on any atom is -0.129 e. The highest BCUT2D eigenvalue weighted by molar-refractivity contribution is 5.98. The maximum atomic E-state index is 2.18. The second kappa shape index (κ2) is 2.40. The summed E-state index contributed by atoms with van der Waals surface area (Å²) in [7, 11) is 0. The molecule has 0 atom stereocenters. The molecule has 0 bridgehead atoms. The highest BCUT2D eigenvalue weighted by atomic mass is 14.1. The first-order chi connectivity index (χ1) is 6.45. The fraction of sp³-hybridized carbons (Fsp3) is 0. The predicted molar refractivity (Wildman–Crippen MR) is 56.2 cm³/mol. The molecule has 0 unspecified atom stereocenters. The van der Waals surface area contributed by atoms with Gasteiger partial charge < -0.3 is 0 Å². The van der Waals surface area contributed by atoms with Crippen LogP contribution in [0.1, 0.15) is 0 Å². The molecule has 13 heavy (non-hydrogen) atoms. The van der Waals surface area contributed by atoms with Crippen molar-refractivity contribution in [3.05, 3.63) is 54.6 Å². The van der Waals surface area contributed by atoms with Gasteiger partial charge in [0, 0.05) is 0 Å². The van der Waals surface area contributed by atoms with E-state index in [1.54, 1.807) is 0 Å². The van der Waals surface area contributed by atoms with Crippen LogP contribution in [0.4, 0.5) is 0 Å². The van der Waals surface area contributed by atoms with Crippen LogP contribution in [0.25, 0.3) is 21.9 Å². The summed E-state index contributed by atoms with van der Waals surface area (Å²) in [5.41, 5.74) is 2.69. The lowest BCUT2D eigenvalue weighted by Crippen LogP contribution is -1.76. The van der Waals surface area contributed by atoms with Gasteiger partial charge in [-0.25, -0.2) is 0 Å². The van der Waals surface area contributed by atoms with Crippen molar-refractivity contribution in [1.82, 2.24) is 0 Å². The molecule has 0 saturated carbocycles. The third-order valence-electron chi connectivity index (χ3n) is 2.54.